The van der Waals surface area contributed by atoms with Crippen LogP contribution in [-0.2, 0) is 15.1 Å². The van der Waals surface area contributed by atoms with Gasteiger partial charge in [-0.1, -0.05) is 78.9 Å². The van der Waals surface area contributed by atoms with Gasteiger partial charge in [-0.3, -0.25) is 4.79 Å². The molecule has 0 unspecified atom stereocenters. The van der Waals surface area contributed by atoms with Crippen LogP contribution in [-0.4, -0.2) is 19.1 Å². The van der Waals surface area contributed by atoms with Gasteiger partial charge in [-0.05, 0) is 40.9 Å². The number of rotatable bonds is 4. The Hall–Kier alpha value is -2.91. The molecule has 146 valence electrons. The van der Waals surface area contributed by atoms with Crippen LogP contribution in [0.5, 0.6) is 0 Å². The van der Waals surface area contributed by atoms with Gasteiger partial charge in [0.15, 0.2) is 0 Å². The standard InChI is InChI=1S/C26H25NO2/c28-25(29-26(14-16-27-17-15-26)19-8-2-1-3-9-19)18-24-22-12-6-4-10-20(22)21-11-5-7-13-23(21)24/h1-13,24,27H,14-18H2. The van der Waals surface area contributed by atoms with E-state index < -0.39 is 5.60 Å². The second-order valence-corrected chi connectivity index (χ2v) is 8.02. The van der Waals surface area contributed by atoms with E-state index >= 15 is 0 Å². The van der Waals surface area contributed by atoms with Gasteiger partial charge in [-0.15, -0.1) is 0 Å². The summed E-state index contributed by atoms with van der Waals surface area (Å²) in [5.74, 6) is -0.0586. The van der Waals surface area contributed by atoms with Crippen LogP contribution < -0.4 is 5.32 Å². The number of carbonyl (C=O) groups excluding carboxylic acids is 1. The number of carbonyl (C=O) groups is 1. The lowest BCUT2D eigenvalue weighted by Gasteiger charge is -2.38. The summed E-state index contributed by atoms with van der Waals surface area (Å²) in [6, 6.07) is 27.1. The average molecular weight is 383 g/mol. The van der Waals surface area contributed by atoms with Gasteiger partial charge in [0.2, 0.25) is 0 Å². The van der Waals surface area contributed by atoms with E-state index in [0.717, 1.165) is 31.5 Å². The van der Waals surface area contributed by atoms with Gasteiger partial charge < -0.3 is 10.1 Å². The zero-order valence-electron chi connectivity index (χ0n) is 16.4. The van der Waals surface area contributed by atoms with Crippen molar-refractivity contribution in [2.75, 3.05) is 13.1 Å². The summed E-state index contributed by atoms with van der Waals surface area (Å²) in [6.07, 6.45) is 1.98. The third-order valence-electron chi connectivity index (χ3n) is 6.35. The Bertz CT molecular complexity index is 976. The van der Waals surface area contributed by atoms with Crippen molar-refractivity contribution < 1.29 is 9.53 Å². The normalized spacial score (nSPS) is 17.4. The fourth-order valence-electron chi connectivity index (χ4n) is 4.93. The first-order valence-corrected chi connectivity index (χ1v) is 10.4. The zero-order valence-corrected chi connectivity index (χ0v) is 16.4. The van der Waals surface area contributed by atoms with Crippen LogP contribution in [0.15, 0.2) is 78.9 Å². The molecule has 1 saturated heterocycles. The quantitative estimate of drug-likeness (QED) is 0.644. The predicted molar refractivity (Wildman–Crippen MR) is 115 cm³/mol. The topological polar surface area (TPSA) is 38.3 Å². The van der Waals surface area contributed by atoms with Crippen molar-refractivity contribution in [1.82, 2.24) is 5.32 Å². The summed E-state index contributed by atoms with van der Waals surface area (Å²) < 4.78 is 6.28. The number of ether oxygens (including phenoxy) is 1. The van der Waals surface area contributed by atoms with Gasteiger partial charge in [0, 0.05) is 18.8 Å². The van der Waals surface area contributed by atoms with Gasteiger partial charge >= 0.3 is 5.97 Å². The summed E-state index contributed by atoms with van der Waals surface area (Å²) in [5.41, 5.74) is 5.50. The monoisotopic (exact) mass is 383 g/mol. The molecule has 2 aliphatic rings. The molecule has 1 heterocycles. The van der Waals surface area contributed by atoms with Crippen LogP contribution in [0.2, 0.25) is 0 Å². The van der Waals surface area contributed by atoms with Crippen molar-refractivity contribution in [1.29, 1.82) is 0 Å². The van der Waals surface area contributed by atoms with Crippen molar-refractivity contribution in [3.05, 3.63) is 95.6 Å². The second-order valence-electron chi connectivity index (χ2n) is 8.02. The van der Waals surface area contributed by atoms with Gasteiger partial charge in [0.25, 0.3) is 0 Å². The zero-order chi connectivity index (χ0) is 19.7. The Labute approximate surface area is 171 Å². The van der Waals surface area contributed by atoms with E-state index in [0.29, 0.717) is 6.42 Å². The Kier molecular flexibility index (Phi) is 4.69. The molecule has 1 aliphatic carbocycles. The highest BCUT2D eigenvalue weighted by Gasteiger charge is 2.39. The van der Waals surface area contributed by atoms with E-state index in [1.54, 1.807) is 0 Å². The van der Waals surface area contributed by atoms with E-state index in [2.05, 4.69) is 66.0 Å². The van der Waals surface area contributed by atoms with E-state index in [9.17, 15) is 4.79 Å². The minimum absolute atomic E-state index is 0.0597. The minimum atomic E-state index is -0.527. The number of nitrogens with one attached hydrogen (secondary N) is 1. The van der Waals surface area contributed by atoms with Crippen molar-refractivity contribution in [2.45, 2.75) is 30.8 Å². The lowest BCUT2D eigenvalue weighted by atomic mass is 9.84. The average Bonchev–Trinajstić information content (AvgIpc) is 3.09. The molecule has 0 spiro atoms. The molecular weight excluding hydrogens is 358 g/mol. The number of fused-ring (bicyclic) bond motifs is 3. The smallest absolute Gasteiger partial charge is 0.307 e. The SMILES string of the molecule is O=C(CC1c2ccccc2-c2ccccc21)OC1(c2ccccc2)CCNCC1. The Morgan fingerprint density at radius 2 is 1.38 bits per heavy atom. The summed E-state index contributed by atoms with van der Waals surface area (Å²) in [7, 11) is 0. The lowest BCUT2D eigenvalue weighted by Crippen LogP contribution is -2.43. The second kappa shape index (κ2) is 7.49. The predicted octanol–water partition coefficient (Wildman–Crippen LogP) is 5.01. The molecular formula is C26H25NO2. The van der Waals surface area contributed by atoms with Crippen molar-refractivity contribution in [3.8, 4) is 11.1 Å². The highest BCUT2D eigenvalue weighted by atomic mass is 16.6. The molecule has 29 heavy (non-hydrogen) atoms. The van der Waals surface area contributed by atoms with Crippen LogP contribution in [0.4, 0.5) is 0 Å². The van der Waals surface area contributed by atoms with Crippen molar-refractivity contribution in [2.24, 2.45) is 0 Å². The first kappa shape index (κ1) is 18.1. The van der Waals surface area contributed by atoms with Gasteiger partial charge in [0.05, 0.1) is 6.42 Å². The summed E-state index contributed by atoms with van der Waals surface area (Å²) >= 11 is 0. The Morgan fingerprint density at radius 1 is 0.828 bits per heavy atom. The number of piperidine rings is 1. The number of hydrogen-bond acceptors (Lipinski definition) is 3. The molecule has 3 nitrogen and oxygen atoms in total. The summed E-state index contributed by atoms with van der Waals surface area (Å²) in [4.78, 5) is 13.2. The maximum atomic E-state index is 13.2. The third kappa shape index (κ3) is 3.26. The largest absolute Gasteiger partial charge is 0.454 e. The molecule has 5 rings (SSSR count). The number of hydrogen-bond donors (Lipinski definition) is 1. The number of benzene rings is 3. The lowest BCUT2D eigenvalue weighted by molar-refractivity contribution is -0.164. The first-order valence-electron chi connectivity index (χ1n) is 10.4. The van der Waals surface area contributed by atoms with E-state index in [4.69, 9.17) is 4.74 Å². The van der Waals surface area contributed by atoms with Crippen LogP contribution in [0.1, 0.15) is 41.9 Å². The Morgan fingerprint density at radius 3 is 2.00 bits per heavy atom. The van der Waals surface area contributed by atoms with Crippen LogP contribution in [0, 0.1) is 0 Å². The molecule has 3 aromatic carbocycles. The molecule has 0 radical (unpaired) electrons. The highest BCUT2D eigenvalue weighted by Crippen LogP contribution is 2.46. The molecule has 1 N–H and O–H groups in total. The molecule has 0 saturated carbocycles. The van der Waals surface area contributed by atoms with E-state index in [1.165, 1.54) is 22.3 Å². The Balaban J connectivity index is 1.43. The minimum Gasteiger partial charge on any atom is -0.454 e. The van der Waals surface area contributed by atoms with Gasteiger partial charge in [0.1, 0.15) is 5.60 Å². The summed E-state index contributed by atoms with van der Waals surface area (Å²) in [6.45, 7) is 1.72. The van der Waals surface area contributed by atoms with Crippen LogP contribution in [0.25, 0.3) is 11.1 Å². The maximum Gasteiger partial charge on any atom is 0.307 e. The maximum absolute atomic E-state index is 13.2. The molecule has 3 aromatic rings. The fourth-order valence-corrected chi connectivity index (χ4v) is 4.93. The van der Waals surface area contributed by atoms with Gasteiger partial charge in [-0.25, -0.2) is 0 Å². The van der Waals surface area contributed by atoms with E-state index in [1.807, 2.05) is 18.2 Å². The van der Waals surface area contributed by atoms with E-state index in [-0.39, 0.29) is 11.9 Å². The molecule has 1 aliphatic heterocycles. The molecule has 0 atom stereocenters. The molecule has 3 heteroatoms. The van der Waals surface area contributed by atoms with Crippen LogP contribution in [0.3, 0.4) is 0 Å². The fraction of sp³-hybridized carbons (Fsp3) is 0.269. The number of esters is 1. The highest BCUT2D eigenvalue weighted by molar-refractivity contribution is 5.82. The molecule has 0 amide bonds. The van der Waals surface area contributed by atoms with Crippen molar-refractivity contribution >= 4 is 5.97 Å². The summed E-state index contributed by atoms with van der Waals surface area (Å²) in [5, 5.41) is 3.39. The van der Waals surface area contributed by atoms with Gasteiger partial charge in [-0.2, -0.15) is 0 Å². The third-order valence-corrected chi connectivity index (χ3v) is 6.35. The molecule has 0 aromatic heterocycles. The molecule has 1 fully saturated rings. The first-order chi connectivity index (χ1) is 14.3. The molecule has 0 bridgehead atoms. The van der Waals surface area contributed by atoms with Crippen LogP contribution >= 0.6 is 0 Å². The van der Waals surface area contributed by atoms with Crippen molar-refractivity contribution in [3.63, 3.8) is 0 Å².